The van der Waals surface area contributed by atoms with Crippen LogP contribution in [-0.2, 0) is 19.4 Å². The fourth-order valence-corrected chi connectivity index (χ4v) is 3.95. The SMILES string of the molecule is CCc1ccc(C(C)N(Cc2nc(C)c(C)o2)C(=O)c2cc3c(o2)CCCNC3=O)cc1. The molecule has 32 heavy (non-hydrogen) atoms. The lowest BCUT2D eigenvalue weighted by Crippen LogP contribution is -2.33. The number of carbonyl (C=O) groups is 2. The molecule has 1 aliphatic rings. The summed E-state index contributed by atoms with van der Waals surface area (Å²) >= 11 is 0. The Balaban J connectivity index is 1.68. The second-order valence-corrected chi connectivity index (χ2v) is 8.26. The van der Waals surface area contributed by atoms with Crippen molar-refractivity contribution in [2.45, 2.75) is 59.5 Å². The zero-order valence-electron chi connectivity index (χ0n) is 19.0. The molecule has 4 rings (SSSR count). The summed E-state index contributed by atoms with van der Waals surface area (Å²) in [5.41, 5.74) is 3.47. The van der Waals surface area contributed by atoms with E-state index < -0.39 is 0 Å². The number of fused-ring (bicyclic) bond motifs is 1. The van der Waals surface area contributed by atoms with Crippen molar-refractivity contribution in [2.75, 3.05) is 6.54 Å². The monoisotopic (exact) mass is 435 g/mol. The number of amides is 2. The highest BCUT2D eigenvalue weighted by atomic mass is 16.4. The van der Waals surface area contributed by atoms with Gasteiger partial charge in [0.05, 0.1) is 23.8 Å². The summed E-state index contributed by atoms with van der Waals surface area (Å²) < 4.78 is 11.7. The van der Waals surface area contributed by atoms with Gasteiger partial charge in [-0.15, -0.1) is 0 Å². The van der Waals surface area contributed by atoms with Crippen LogP contribution in [0.25, 0.3) is 0 Å². The van der Waals surface area contributed by atoms with Crippen LogP contribution in [0.2, 0.25) is 0 Å². The van der Waals surface area contributed by atoms with E-state index in [4.69, 9.17) is 8.83 Å². The van der Waals surface area contributed by atoms with Gasteiger partial charge < -0.3 is 19.1 Å². The second-order valence-electron chi connectivity index (χ2n) is 8.26. The zero-order chi connectivity index (χ0) is 22.8. The standard InChI is InChI=1S/C25H29N3O4/c1-5-18-8-10-19(11-9-18)16(3)28(14-23-27-15(2)17(4)31-23)25(30)22-13-20-21(32-22)7-6-12-26-24(20)29/h8-11,13,16H,5-7,12,14H2,1-4H3,(H,26,29). The molecule has 1 unspecified atom stereocenters. The molecule has 0 fully saturated rings. The van der Waals surface area contributed by atoms with Gasteiger partial charge in [0.15, 0.2) is 5.76 Å². The van der Waals surface area contributed by atoms with Gasteiger partial charge in [0.2, 0.25) is 5.89 Å². The van der Waals surface area contributed by atoms with Crippen molar-refractivity contribution in [3.05, 3.63) is 75.9 Å². The Kier molecular flexibility index (Phi) is 6.17. The average Bonchev–Trinajstić information content (AvgIpc) is 3.31. The number of furan rings is 1. The summed E-state index contributed by atoms with van der Waals surface area (Å²) in [6.45, 7) is 8.62. The van der Waals surface area contributed by atoms with Crippen LogP contribution in [0, 0.1) is 13.8 Å². The van der Waals surface area contributed by atoms with Crippen LogP contribution >= 0.6 is 0 Å². The summed E-state index contributed by atoms with van der Waals surface area (Å²) in [6.07, 6.45) is 2.35. The lowest BCUT2D eigenvalue weighted by molar-refractivity contribution is 0.0619. The molecular weight excluding hydrogens is 406 g/mol. The molecule has 3 heterocycles. The van der Waals surface area contributed by atoms with Gasteiger partial charge >= 0.3 is 0 Å². The first-order chi connectivity index (χ1) is 15.4. The molecule has 1 N–H and O–H groups in total. The topological polar surface area (TPSA) is 88.6 Å². The molecule has 0 aliphatic carbocycles. The van der Waals surface area contributed by atoms with Gasteiger partial charge in [-0.3, -0.25) is 9.59 Å². The molecule has 0 spiro atoms. The highest BCUT2D eigenvalue weighted by Crippen LogP contribution is 2.28. The maximum atomic E-state index is 13.6. The first-order valence-corrected chi connectivity index (χ1v) is 11.1. The van der Waals surface area contributed by atoms with Crippen LogP contribution in [0.4, 0.5) is 0 Å². The summed E-state index contributed by atoms with van der Waals surface area (Å²) in [5, 5.41) is 2.84. The normalized spacial score (nSPS) is 14.4. The molecule has 1 aromatic carbocycles. The predicted octanol–water partition coefficient (Wildman–Crippen LogP) is 4.53. The van der Waals surface area contributed by atoms with E-state index in [9.17, 15) is 9.59 Å². The first-order valence-electron chi connectivity index (χ1n) is 11.1. The smallest absolute Gasteiger partial charge is 0.290 e. The Morgan fingerprint density at radius 1 is 1.22 bits per heavy atom. The number of benzene rings is 1. The molecule has 168 valence electrons. The van der Waals surface area contributed by atoms with E-state index in [-0.39, 0.29) is 30.2 Å². The highest BCUT2D eigenvalue weighted by molar-refractivity contribution is 5.99. The van der Waals surface area contributed by atoms with Gasteiger partial charge in [-0.05, 0) is 44.7 Å². The molecule has 3 aromatic rings. The van der Waals surface area contributed by atoms with E-state index in [1.54, 1.807) is 11.0 Å². The molecule has 2 aromatic heterocycles. The van der Waals surface area contributed by atoms with Gasteiger partial charge in [0, 0.05) is 19.0 Å². The summed E-state index contributed by atoms with van der Waals surface area (Å²) in [5.74, 6) is 1.42. The van der Waals surface area contributed by atoms with Crippen molar-refractivity contribution in [2.24, 2.45) is 0 Å². The van der Waals surface area contributed by atoms with Crippen LogP contribution in [-0.4, -0.2) is 28.2 Å². The third-order valence-electron chi connectivity index (χ3n) is 6.11. The van der Waals surface area contributed by atoms with Crippen molar-refractivity contribution in [1.29, 1.82) is 0 Å². The number of hydrogen-bond acceptors (Lipinski definition) is 5. The summed E-state index contributed by atoms with van der Waals surface area (Å²) in [4.78, 5) is 32.1. The Morgan fingerprint density at radius 3 is 2.62 bits per heavy atom. The number of rotatable bonds is 6. The third kappa shape index (κ3) is 4.33. The lowest BCUT2D eigenvalue weighted by Gasteiger charge is -2.28. The third-order valence-corrected chi connectivity index (χ3v) is 6.11. The number of oxazole rings is 1. The van der Waals surface area contributed by atoms with Gasteiger partial charge in [-0.1, -0.05) is 31.2 Å². The van der Waals surface area contributed by atoms with Crippen molar-refractivity contribution >= 4 is 11.8 Å². The summed E-state index contributed by atoms with van der Waals surface area (Å²) in [7, 11) is 0. The molecule has 0 radical (unpaired) electrons. The molecule has 2 amide bonds. The molecule has 0 saturated carbocycles. The van der Waals surface area contributed by atoms with E-state index in [1.807, 2.05) is 32.9 Å². The van der Waals surface area contributed by atoms with E-state index in [1.165, 1.54) is 5.56 Å². The molecule has 1 atom stereocenters. The number of hydrogen-bond donors (Lipinski definition) is 1. The van der Waals surface area contributed by atoms with Gasteiger partial charge in [-0.25, -0.2) is 4.98 Å². The van der Waals surface area contributed by atoms with E-state index in [0.717, 1.165) is 29.9 Å². The van der Waals surface area contributed by atoms with E-state index in [0.29, 0.717) is 30.2 Å². The largest absolute Gasteiger partial charge is 0.455 e. The Hall–Kier alpha value is -3.35. The fourth-order valence-electron chi connectivity index (χ4n) is 3.95. The van der Waals surface area contributed by atoms with Crippen molar-refractivity contribution in [1.82, 2.24) is 15.2 Å². The van der Waals surface area contributed by atoms with Gasteiger partial charge in [0.25, 0.3) is 11.8 Å². The Morgan fingerprint density at radius 2 is 1.97 bits per heavy atom. The maximum absolute atomic E-state index is 13.6. The minimum Gasteiger partial charge on any atom is -0.455 e. The van der Waals surface area contributed by atoms with E-state index in [2.05, 4.69) is 29.4 Å². The molecule has 0 saturated heterocycles. The quantitative estimate of drug-likeness (QED) is 0.615. The zero-order valence-corrected chi connectivity index (χ0v) is 19.0. The van der Waals surface area contributed by atoms with Crippen LogP contribution in [0.5, 0.6) is 0 Å². The van der Waals surface area contributed by atoms with E-state index >= 15 is 0 Å². The molecule has 0 bridgehead atoms. The second kappa shape index (κ2) is 9.02. The number of aromatic nitrogens is 1. The molecular formula is C25H29N3O4. The number of aryl methyl sites for hydroxylation is 4. The van der Waals surface area contributed by atoms with Crippen LogP contribution in [0.3, 0.4) is 0 Å². The minimum atomic E-state index is -0.300. The minimum absolute atomic E-state index is 0.157. The number of nitrogens with zero attached hydrogens (tertiary/aromatic N) is 2. The lowest BCUT2D eigenvalue weighted by atomic mass is 10.0. The van der Waals surface area contributed by atoms with Crippen LogP contribution < -0.4 is 5.32 Å². The first kappa shape index (κ1) is 21.9. The van der Waals surface area contributed by atoms with Crippen molar-refractivity contribution < 1.29 is 18.4 Å². The van der Waals surface area contributed by atoms with Crippen LogP contribution in [0.15, 0.2) is 39.2 Å². The van der Waals surface area contributed by atoms with Crippen molar-refractivity contribution in [3.8, 4) is 0 Å². The molecule has 7 nitrogen and oxygen atoms in total. The Labute approximate surface area is 187 Å². The van der Waals surface area contributed by atoms with Gasteiger partial charge in [-0.2, -0.15) is 0 Å². The van der Waals surface area contributed by atoms with Crippen LogP contribution in [0.1, 0.15) is 81.5 Å². The number of carbonyl (C=O) groups excluding carboxylic acids is 2. The maximum Gasteiger partial charge on any atom is 0.290 e. The van der Waals surface area contributed by atoms with Crippen molar-refractivity contribution in [3.63, 3.8) is 0 Å². The number of nitrogens with one attached hydrogen (secondary N) is 1. The summed E-state index contributed by atoms with van der Waals surface area (Å²) in [6, 6.07) is 9.55. The highest BCUT2D eigenvalue weighted by Gasteiger charge is 2.30. The Bertz CT molecular complexity index is 1110. The fraction of sp³-hybridized carbons (Fsp3) is 0.400. The predicted molar refractivity (Wildman–Crippen MR) is 119 cm³/mol. The molecule has 1 aliphatic heterocycles. The molecule has 7 heteroatoms. The van der Waals surface area contributed by atoms with Gasteiger partial charge in [0.1, 0.15) is 11.5 Å². The average molecular weight is 436 g/mol.